The topological polar surface area (TPSA) is 108 Å². The van der Waals surface area contributed by atoms with Crippen LogP contribution in [0, 0.1) is 6.92 Å². The van der Waals surface area contributed by atoms with Gasteiger partial charge < -0.3 is 9.47 Å². The first-order valence-electron chi connectivity index (χ1n) is 10.9. The van der Waals surface area contributed by atoms with Crippen molar-refractivity contribution in [1.82, 2.24) is 20.2 Å². The SMILES string of the molecule is COc1ccc(C(=O)Oc2ccc(C=NNC(=O)CSc3nnc(C)n3-c3ccccc3)cc2)cc1. The first-order valence-corrected chi connectivity index (χ1v) is 11.9. The molecule has 1 amide bonds. The number of methoxy groups -OCH3 is 1. The molecule has 182 valence electrons. The van der Waals surface area contributed by atoms with Gasteiger partial charge in [-0.05, 0) is 73.2 Å². The second-order valence-corrected chi connectivity index (χ2v) is 8.41. The van der Waals surface area contributed by atoms with E-state index in [1.54, 1.807) is 55.6 Å². The molecular weight excluding hydrogens is 478 g/mol. The van der Waals surface area contributed by atoms with E-state index in [1.165, 1.54) is 18.0 Å². The van der Waals surface area contributed by atoms with Crippen LogP contribution in [-0.4, -0.2) is 45.7 Å². The minimum Gasteiger partial charge on any atom is -0.497 e. The number of esters is 1. The number of carbonyl (C=O) groups excluding carboxylic acids is 2. The molecule has 1 heterocycles. The minimum atomic E-state index is -0.470. The van der Waals surface area contributed by atoms with E-state index in [-0.39, 0.29) is 11.7 Å². The maximum atomic E-state index is 12.3. The number of hydrazone groups is 1. The number of ether oxygens (including phenoxy) is 2. The summed E-state index contributed by atoms with van der Waals surface area (Å²) in [5.41, 5.74) is 4.58. The van der Waals surface area contributed by atoms with Gasteiger partial charge in [0, 0.05) is 5.69 Å². The van der Waals surface area contributed by atoms with Crippen molar-refractivity contribution in [3.8, 4) is 17.2 Å². The Balaban J connectivity index is 1.26. The van der Waals surface area contributed by atoms with Crippen molar-refractivity contribution in [2.75, 3.05) is 12.9 Å². The molecule has 0 saturated heterocycles. The van der Waals surface area contributed by atoms with Gasteiger partial charge in [-0.2, -0.15) is 5.10 Å². The van der Waals surface area contributed by atoms with Crippen LogP contribution in [0.2, 0.25) is 0 Å². The molecule has 36 heavy (non-hydrogen) atoms. The van der Waals surface area contributed by atoms with E-state index in [0.29, 0.717) is 22.2 Å². The number of rotatable bonds is 9. The Morgan fingerprint density at radius 3 is 2.36 bits per heavy atom. The van der Waals surface area contributed by atoms with E-state index in [0.717, 1.165) is 17.1 Å². The van der Waals surface area contributed by atoms with Gasteiger partial charge in [0.2, 0.25) is 0 Å². The van der Waals surface area contributed by atoms with E-state index in [1.807, 2.05) is 41.8 Å². The van der Waals surface area contributed by atoms with Crippen LogP contribution in [-0.2, 0) is 4.79 Å². The monoisotopic (exact) mass is 501 g/mol. The van der Waals surface area contributed by atoms with Gasteiger partial charge in [0.1, 0.15) is 17.3 Å². The van der Waals surface area contributed by atoms with Gasteiger partial charge in [-0.25, -0.2) is 10.2 Å². The molecule has 9 nitrogen and oxygen atoms in total. The lowest BCUT2D eigenvalue weighted by molar-refractivity contribution is -0.118. The molecule has 0 aliphatic carbocycles. The summed E-state index contributed by atoms with van der Waals surface area (Å²) >= 11 is 1.27. The highest BCUT2D eigenvalue weighted by Crippen LogP contribution is 2.21. The molecule has 0 saturated carbocycles. The molecular formula is C26H23N5O4S. The number of nitrogens with one attached hydrogen (secondary N) is 1. The lowest BCUT2D eigenvalue weighted by Crippen LogP contribution is -2.20. The highest BCUT2D eigenvalue weighted by atomic mass is 32.2. The predicted molar refractivity (Wildman–Crippen MR) is 137 cm³/mol. The largest absolute Gasteiger partial charge is 0.497 e. The summed E-state index contributed by atoms with van der Waals surface area (Å²) in [6.45, 7) is 1.86. The third kappa shape index (κ3) is 6.36. The lowest BCUT2D eigenvalue weighted by Gasteiger charge is -2.07. The van der Waals surface area contributed by atoms with Gasteiger partial charge in [-0.1, -0.05) is 30.0 Å². The molecule has 0 atom stereocenters. The molecule has 4 aromatic rings. The smallest absolute Gasteiger partial charge is 0.343 e. The molecule has 0 spiro atoms. The Kier molecular flexibility index (Phi) is 8.09. The number of benzene rings is 3. The van der Waals surface area contributed by atoms with Gasteiger partial charge >= 0.3 is 5.97 Å². The Morgan fingerprint density at radius 2 is 1.67 bits per heavy atom. The summed E-state index contributed by atoms with van der Waals surface area (Å²) < 4.78 is 12.4. The highest BCUT2D eigenvalue weighted by Gasteiger charge is 2.13. The number of carbonyl (C=O) groups is 2. The third-order valence-corrected chi connectivity index (χ3v) is 5.89. The number of aryl methyl sites for hydroxylation is 1. The summed E-state index contributed by atoms with van der Waals surface area (Å²) in [7, 11) is 1.56. The Morgan fingerprint density at radius 1 is 0.972 bits per heavy atom. The Bertz CT molecular complexity index is 1350. The summed E-state index contributed by atoms with van der Waals surface area (Å²) in [6, 6.07) is 23.1. The standard InChI is InChI=1S/C26H23N5O4S/c1-18-28-30-26(31(18)21-6-4-3-5-7-21)36-17-24(32)29-27-16-19-8-12-23(13-9-19)35-25(33)20-10-14-22(34-2)15-11-20/h3-16H,17H2,1-2H3,(H,29,32). The zero-order valence-corrected chi connectivity index (χ0v) is 20.4. The van der Waals surface area contributed by atoms with E-state index < -0.39 is 5.97 Å². The molecule has 0 aliphatic rings. The fourth-order valence-electron chi connectivity index (χ4n) is 3.17. The number of hydrogen-bond donors (Lipinski definition) is 1. The van der Waals surface area contributed by atoms with E-state index in [9.17, 15) is 9.59 Å². The van der Waals surface area contributed by atoms with E-state index >= 15 is 0 Å². The molecule has 1 aromatic heterocycles. The van der Waals surface area contributed by atoms with Crippen LogP contribution < -0.4 is 14.9 Å². The summed E-state index contributed by atoms with van der Waals surface area (Å²) in [4.78, 5) is 24.5. The Labute approximate surface area is 212 Å². The number of amides is 1. The predicted octanol–water partition coefficient (Wildman–Crippen LogP) is 4.05. The number of nitrogens with zero attached hydrogens (tertiary/aromatic N) is 4. The van der Waals surface area contributed by atoms with Gasteiger partial charge in [0.05, 0.1) is 24.6 Å². The zero-order chi connectivity index (χ0) is 25.3. The molecule has 0 radical (unpaired) electrons. The van der Waals surface area contributed by atoms with Crippen LogP contribution in [0.5, 0.6) is 11.5 Å². The molecule has 0 fully saturated rings. The van der Waals surface area contributed by atoms with Crippen LogP contribution in [0.1, 0.15) is 21.7 Å². The van der Waals surface area contributed by atoms with Crippen molar-refractivity contribution in [1.29, 1.82) is 0 Å². The number of thioether (sulfide) groups is 1. The number of para-hydroxylation sites is 1. The Hall–Kier alpha value is -4.44. The summed E-state index contributed by atoms with van der Waals surface area (Å²) in [5.74, 6) is 1.17. The molecule has 0 bridgehead atoms. The van der Waals surface area contributed by atoms with Crippen molar-refractivity contribution in [2.24, 2.45) is 5.10 Å². The molecule has 0 unspecified atom stereocenters. The summed E-state index contributed by atoms with van der Waals surface area (Å²) in [6.07, 6.45) is 1.51. The maximum Gasteiger partial charge on any atom is 0.343 e. The zero-order valence-electron chi connectivity index (χ0n) is 19.6. The van der Waals surface area contributed by atoms with Gasteiger partial charge in [-0.3, -0.25) is 9.36 Å². The third-order valence-electron chi connectivity index (χ3n) is 4.96. The first kappa shape index (κ1) is 24.7. The van der Waals surface area contributed by atoms with Gasteiger partial charge in [-0.15, -0.1) is 10.2 Å². The van der Waals surface area contributed by atoms with E-state index in [2.05, 4.69) is 20.7 Å². The van der Waals surface area contributed by atoms with Crippen LogP contribution in [0.4, 0.5) is 0 Å². The van der Waals surface area contributed by atoms with Gasteiger partial charge in [0.15, 0.2) is 5.16 Å². The average Bonchev–Trinajstić information content (AvgIpc) is 3.29. The van der Waals surface area contributed by atoms with Crippen molar-refractivity contribution in [2.45, 2.75) is 12.1 Å². The van der Waals surface area contributed by atoms with Crippen LogP contribution in [0.25, 0.3) is 5.69 Å². The van der Waals surface area contributed by atoms with Crippen molar-refractivity contribution < 1.29 is 19.1 Å². The van der Waals surface area contributed by atoms with Crippen molar-refractivity contribution >= 4 is 29.9 Å². The fraction of sp³-hybridized carbons (Fsp3) is 0.115. The van der Waals surface area contributed by atoms with E-state index in [4.69, 9.17) is 9.47 Å². The summed E-state index contributed by atoms with van der Waals surface area (Å²) in [5, 5.41) is 12.9. The lowest BCUT2D eigenvalue weighted by atomic mass is 10.2. The first-order chi connectivity index (χ1) is 17.5. The highest BCUT2D eigenvalue weighted by molar-refractivity contribution is 7.99. The normalized spacial score (nSPS) is 10.8. The van der Waals surface area contributed by atoms with Crippen LogP contribution in [0.15, 0.2) is 89.1 Å². The molecule has 10 heteroatoms. The molecule has 3 aromatic carbocycles. The van der Waals surface area contributed by atoms with Crippen LogP contribution in [0.3, 0.4) is 0 Å². The van der Waals surface area contributed by atoms with Crippen molar-refractivity contribution in [3.63, 3.8) is 0 Å². The molecule has 1 N–H and O–H groups in total. The molecule has 0 aliphatic heterocycles. The maximum absolute atomic E-state index is 12.3. The molecule has 4 rings (SSSR count). The quantitative estimate of drug-likeness (QED) is 0.121. The number of aromatic nitrogens is 3. The second kappa shape index (κ2) is 11.8. The minimum absolute atomic E-state index is 0.128. The average molecular weight is 502 g/mol. The second-order valence-electron chi connectivity index (χ2n) is 7.47. The number of hydrogen-bond acceptors (Lipinski definition) is 8. The van der Waals surface area contributed by atoms with Crippen LogP contribution >= 0.6 is 11.8 Å². The van der Waals surface area contributed by atoms with Gasteiger partial charge in [0.25, 0.3) is 5.91 Å². The van der Waals surface area contributed by atoms with Crippen molar-refractivity contribution in [3.05, 3.63) is 95.8 Å². The fourth-order valence-corrected chi connectivity index (χ4v) is 3.96.